The van der Waals surface area contributed by atoms with Crippen molar-refractivity contribution >= 4 is 16.8 Å². The molecule has 0 aliphatic carbocycles. The van der Waals surface area contributed by atoms with E-state index in [0.717, 1.165) is 22.0 Å². The van der Waals surface area contributed by atoms with E-state index in [-0.39, 0.29) is 12.0 Å². The third-order valence-electron chi connectivity index (χ3n) is 4.10. The number of pyridine rings is 1. The zero-order valence-electron chi connectivity index (χ0n) is 13.8. The molecule has 0 saturated carbocycles. The van der Waals surface area contributed by atoms with Crippen LogP contribution in [0.1, 0.15) is 27.7 Å². The fourth-order valence-electron chi connectivity index (χ4n) is 2.74. The van der Waals surface area contributed by atoms with E-state index < -0.39 is 0 Å². The summed E-state index contributed by atoms with van der Waals surface area (Å²) in [5.74, 6) is -0.198. The van der Waals surface area contributed by atoms with Crippen molar-refractivity contribution in [2.45, 2.75) is 13.0 Å². The second-order valence-corrected chi connectivity index (χ2v) is 5.68. The standard InChI is InChI=1S/C20H20N2O2/c1-14-7-3-5-9-16(14)19(24-2)13-21-20(23)18-12-11-15-8-4-6-10-17(15)22-18/h3-12,19H,13H2,1-2H3,(H,21,23). The van der Waals surface area contributed by atoms with E-state index >= 15 is 0 Å². The Kier molecular flexibility index (Phi) is 4.87. The lowest BCUT2D eigenvalue weighted by atomic mass is 10.0. The summed E-state index contributed by atoms with van der Waals surface area (Å²) < 4.78 is 5.54. The molecule has 1 amide bonds. The zero-order valence-corrected chi connectivity index (χ0v) is 13.8. The maximum Gasteiger partial charge on any atom is 0.270 e. The molecule has 0 saturated heterocycles. The van der Waals surface area contributed by atoms with Crippen LogP contribution in [0.25, 0.3) is 10.9 Å². The number of aromatic nitrogens is 1. The van der Waals surface area contributed by atoms with Gasteiger partial charge in [0.1, 0.15) is 5.69 Å². The summed E-state index contributed by atoms with van der Waals surface area (Å²) in [5.41, 5.74) is 3.44. The van der Waals surface area contributed by atoms with Gasteiger partial charge in [-0.3, -0.25) is 4.79 Å². The van der Waals surface area contributed by atoms with Crippen molar-refractivity contribution in [2.24, 2.45) is 0 Å². The molecule has 1 unspecified atom stereocenters. The van der Waals surface area contributed by atoms with Gasteiger partial charge >= 0.3 is 0 Å². The van der Waals surface area contributed by atoms with Gasteiger partial charge in [0.25, 0.3) is 5.91 Å². The Bertz CT molecular complexity index is 861. The van der Waals surface area contributed by atoms with E-state index in [1.807, 2.05) is 61.5 Å². The predicted octanol–water partition coefficient (Wildman–Crippen LogP) is 3.66. The maximum absolute atomic E-state index is 12.4. The Morgan fingerprint density at radius 2 is 1.83 bits per heavy atom. The second-order valence-electron chi connectivity index (χ2n) is 5.68. The second kappa shape index (κ2) is 7.23. The van der Waals surface area contributed by atoms with Gasteiger partial charge in [-0.2, -0.15) is 0 Å². The molecule has 1 atom stereocenters. The Hall–Kier alpha value is -2.72. The lowest BCUT2D eigenvalue weighted by Gasteiger charge is -2.18. The molecule has 0 bridgehead atoms. The van der Waals surface area contributed by atoms with E-state index in [2.05, 4.69) is 10.3 Å². The van der Waals surface area contributed by atoms with Gasteiger partial charge < -0.3 is 10.1 Å². The number of carbonyl (C=O) groups excluding carboxylic acids is 1. The normalized spacial score (nSPS) is 12.1. The number of para-hydroxylation sites is 1. The first-order valence-electron chi connectivity index (χ1n) is 7.91. The van der Waals surface area contributed by atoms with Gasteiger partial charge in [0, 0.05) is 19.0 Å². The van der Waals surface area contributed by atoms with Gasteiger partial charge in [0.15, 0.2) is 0 Å². The third kappa shape index (κ3) is 3.44. The van der Waals surface area contributed by atoms with Crippen LogP contribution in [0.5, 0.6) is 0 Å². The molecule has 4 heteroatoms. The number of nitrogens with zero attached hydrogens (tertiary/aromatic N) is 1. The molecule has 24 heavy (non-hydrogen) atoms. The van der Waals surface area contributed by atoms with E-state index in [1.54, 1.807) is 13.2 Å². The number of hydrogen-bond donors (Lipinski definition) is 1. The van der Waals surface area contributed by atoms with Crippen LogP contribution < -0.4 is 5.32 Å². The minimum Gasteiger partial charge on any atom is -0.375 e. The molecular formula is C20H20N2O2. The predicted molar refractivity (Wildman–Crippen MR) is 95.0 cm³/mol. The molecule has 0 spiro atoms. The van der Waals surface area contributed by atoms with Crippen molar-refractivity contribution in [3.05, 3.63) is 77.5 Å². The molecular weight excluding hydrogens is 300 g/mol. The molecule has 0 fully saturated rings. The van der Waals surface area contributed by atoms with Gasteiger partial charge in [-0.1, -0.05) is 48.5 Å². The first-order chi connectivity index (χ1) is 11.7. The number of benzene rings is 2. The van der Waals surface area contributed by atoms with E-state index in [0.29, 0.717) is 12.2 Å². The van der Waals surface area contributed by atoms with Crippen molar-refractivity contribution < 1.29 is 9.53 Å². The average molecular weight is 320 g/mol. The van der Waals surface area contributed by atoms with Crippen LogP contribution >= 0.6 is 0 Å². The summed E-state index contributed by atoms with van der Waals surface area (Å²) in [6.07, 6.45) is -0.185. The molecule has 0 aliphatic rings. The van der Waals surface area contributed by atoms with Crippen LogP contribution in [-0.2, 0) is 4.74 Å². The minimum absolute atomic E-state index is 0.185. The zero-order chi connectivity index (χ0) is 16.9. The molecule has 1 aromatic heterocycles. The number of methoxy groups -OCH3 is 1. The first-order valence-corrected chi connectivity index (χ1v) is 7.91. The summed E-state index contributed by atoms with van der Waals surface area (Å²) in [7, 11) is 1.65. The quantitative estimate of drug-likeness (QED) is 0.780. The SMILES string of the molecule is COC(CNC(=O)c1ccc2ccccc2n1)c1ccccc1C. The van der Waals surface area contributed by atoms with Crippen LogP contribution in [0, 0.1) is 6.92 Å². The van der Waals surface area contributed by atoms with Gasteiger partial charge in [-0.15, -0.1) is 0 Å². The Balaban J connectivity index is 1.72. The van der Waals surface area contributed by atoms with Gasteiger partial charge in [-0.05, 0) is 30.2 Å². The number of ether oxygens (including phenoxy) is 1. The molecule has 3 rings (SSSR count). The monoisotopic (exact) mass is 320 g/mol. The van der Waals surface area contributed by atoms with E-state index in [4.69, 9.17) is 4.74 Å². The van der Waals surface area contributed by atoms with E-state index in [1.165, 1.54) is 0 Å². The van der Waals surface area contributed by atoms with Crippen LogP contribution in [-0.4, -0.2) is 24.5 Å². The number of fused-ring (bicyclic) bond motifs is 1. The maximum atomic E-state index is 12.4. The fourth-order valence-corrected chi connectivity index (χ4v) is 2.74. The van der Waals surface area contributed by atoms with Gasteiger partial charge in [0.2, 0.25) is 0 Å². The highest BCUT2D eigenvalue weighted by atomic mass is 16.5. The topological polar surface area (TPSA) is 51.2 Å². The number of amides is 1. The molecule has 1 N–H and O–H groups in total. The highest BCUT2D eigenvalue weighted by molar-refractivity contribution is 5.94. The molecule has 1 heterocycles. The molecule has 0 radical (unpaired) electrons. The van der Waals surface area contributed by atoms with Crippen molar-refractivity contribution in [3.8, 4) is 0 Å². The van der Waals surface area contributed by atoms with Crippen molar-refractivity contribution in [1.82, 2.24) is 10.3 Å². The molecule has 3 aromatic rings. The number of carbonyl (C=O) groups is 1. The Labute approximate surface area is 141 Å². The lowest BCUT2D eigenvalue weighted by Crippen LogP contribution is -2.30. The van der Waals surface area contributed by atoms with Crippen LogP contribution in [0.2, 0.25) is 0 Å². The van der Waals surface area contributed by atoms with Crippen LogP contribution in [0.4, 0.5) is 0 Å². The largest absolute Gasteiger partial charge is 0.375 e. The summed E-state index contributed by atoms with van der Waals surface area (Å²) in [4.78, 5) is 16.8. The van der Waals surface area contributed by atoms with Gasteiger partial charge in [0.05, 0.1) is 11.6 Å². The van der Waals surface area contributed by atoms with Crippen molar-refractivity contribution in [2.75, 3.05) is 13.7 Å². The Morgan fingerprint density at radius 3 is 2.62 bits per heavy atom. The third-order valence-corrected chi connectivity index (χ3v) is 4.10. The minimum atomic E-state index is -0.198. The molecule has 122 valence electrons. The van der Waals surface area contributed by atoms with Crippen LogP contribution in [0.15, 0.2) is 60.7 Å². The lowest BCUT2D eigenvalue weighted by molar-refractivity contribution is 0.0822. The van der Waals surface area contributed by atoms with Crippen molar-refractivity contribution in [1.29, 1.82) is 0 Å². The summed E-state index contributed by atoms with van der Waals surface area (Å²) in [6, 6.07) is 19.4. The molecule has 2 aromatic carbocycles. The average Bonchev–Trinajstić information content (AvgIpc) is 2.63. The number of hydrogen-bond acceptors (Lipinski definition) is 3. The van der Waals surface area contributed by atoms with Crippen molar-refractivity contribution in [3.63, 3.8) is 0 Å². The van der Waals surface area contributed by atoms with Crippen LogP contribution in [0.3, 0.4) is 0 Å². The Morgan fingerprint density at radius 1 is 1.08 bits per heavy atom. The number of rotatable bonds is 5. The smallest absolute Gasteiger partial charge is 0.270 e. The number of aryl methyl sites for hydroxylation is 1. The summed E-state index contributed by atoms with van der Waals surface area (Å²) in [5, 5.41) is 3.93. The number of nitrogens with one attached hydrogen (secondary N) is 1. The summed E-state index contributed by atoms with van der Waals surface area (Å²) in [6.45, 7) is 2.43. The van der Waals surface area contributed by atoms with Gasteiger partial charge in [-0.25, -0.2) is 4.98 Å². The van der Waals surface area contributed by atoms with E-state index in [9.17, 15) is 4.79 Å². The molecule has 0 aliphatic heterocycles. The molecule has 4 nitrogen and oxygen atoms in total. The fraction of sp³-hybridized carbons (Fsp3) is 0.200. The highest BCUT2D eigenvalue weighted by Crippen LogP contribution is 2.19. The highest BCUT2D eigenvalue weighted by Gasteiger charge is 2.15. The summed E-state index contributed by atoms with van der Waals surface area (Å²) >= 11 is 0. The first kappa shape index (κ1) is 16.1.